The summed E-state index contributed by atoms with van der Waals surface area (Å²) >= 11 is 0. The fourth-order valence-corrected chi connectivity index (χ4v) is 10.7. The maximum Gasteiger partial charge on any atom is 0.259 e. The number of ether oxygens (including phenoxy) is 1. The number of benzene rings is 1. The first-order valence-electron chi connectivity index (χ1n) is 21.9. The fourth-order valence-electron chi connectivity index (χ4n) is 8.97. The number of hydrogen-bond acceptors (Lipinski definition) is 12. The Labute approximate surface area is 350 Å². The number of piperidine rings is 2. The minimum Gasteiger partial charge on any atom is -0.378 e. The fraction of sp³-hybridized carbons (Fsp3) is 0.545. The van der Waals surface area contributed by atoms with Crippen LogP contribution in [0.1, 0.15) is 98.0 Å². The van der Waals surface area contributed by atoms with E-state index in [4.69, 9.17) is 4.74 Å². The van der Waals surface area contributed by atoms with Gasteiger partial charge in [0.2, 0.25) is 17.8 Å². The van der Waals surface area contributed by atoms with Crippen molar-refractivity contribution >= 4 is 33.8 Å². The molecule has 3 aliphatic heterocycles. The zero-order valence-electron chi connectivity index (χ0n) is 34.4. The number of nitrogens with zero attached hydrogens (tertiary/aromatic N) is 6. The lowest BCUT2D eigenvalue weighted by Gasteiger charge is -2.29. The molecule has 0 saturated carbocycles. The Morgan fingerprint density at radius 2 is 1.13 bits per heavy atom. The smallest absolute Gasteiger partial charge is 0.259 e. The summed E-state index contributed by atoms with van der Waals surface area (Å²) in [4.78, 5) is 65.9. The third-order valence-corrected chi connectivity index (χ3v) is 14.6. The predicted octanol–water partition coefficient (Wildman–Crippen LogP) is 4.30. The maximum absolute atomic E-state index is 12.9. The standard InChI is InChI=1S/C18H21N3O4S.C13H19N3O.C13H17N3O/c22-17-15-12-14(26(23,24)13-4-2-1-3-5-13)6-7-16(15)19-18(20-17)21-8-10-25-11-9-21;2*17-12-10-6-2-3-7-11(10)14-13(15-12)16-8-4-1-5-9-16/h1-5,14H,6-12H2,(H,19,20,22);1-9H2,(H,14,15,17);2,6H,1,3-5,7-9H2,(H,14,15,17). The molecular formula is C44H57N9O6S. The second-order valence-corrected chi connectivity index (χ2v) is 18.7. The number of sulfone groups is 1. The molecule has 16 heteroatoms. The molecule has 3 aromatic heterocycles. The summed E-state index contributed by atoms with van der Waals surface area (Å²) in [5.74, 6) is 2.13. The Bertz CT molecular complexity index is 2430. The van der Waals surface area contributed by atoms with Gasteiger partial charge >= 0.3 is 0 Å². The molecule has 6 heterocycles. The molecule has 3 saturated heterocycles. The van der Waals surface area contributed by atoms with Gasteiger partial charge in [-0.25, -0.2) is 23.4 Å². The summed E-state index contributed by atoms with van der Waals surface area (Å²) in [7, 11) is -3.46. The van der Waals surface area contributed by atoms with Gasteiger partial charge in [-0.05, 0) is 108 Å². The van der Waals surface area contributed by atoms with Crippen molar-refractivity contribution in [2.24, 2.45) is 0 Å². The number of morpholine rings is 1. The Balaban J connectivity index is 0.000000129. The van der Waals surface area contributed by atoms with Crippen LogP contribution in [0.3, 0.4) is 0 Å². The van der Waals surface area contributed by atoms with Crippen LogP contribution in [0.15, 0.2) is 55.7 Å². The highest BCUT2D eigenvalue weighted by Gasteiger charge is 2.34. The highest BCUT2D eigenvalue weighted by atomic mass is 32.2. The summed E-state index contributed by atoms with van der Waals surface area (Å²) in [6.45, 7) is 6.68. The van der Waals surface area contributed by atoms with Crippen LogP contribution in [0.4, 0.5) is 17.8 Å². The third kappa shape index (κ3) is 9.59. The van der Waals surface area contributed by atoms with Crippen LogP contribution in [-0.2, 0) is 46.7 Å². The number of aromatic amines is 3. The van der Waals surface area contributed by atoms with Gasteiger partial charge in [0.25, 0.3) is 16.7 Å². The van der Waals surface area contributed by atoms with E-state index in [1.807, 2.05) is 17.1 Å². The van der Waals surface area contributed by atoms with Crippen LogP contribution >= 0.6 is 0 Å². The SMILES string of the molecule is O=c1[nH]c(N2CCCCC2)nc2c1C=CCC2.O=c1[nH]c(N2CCCCC2)nc2c1CCCC2.O=c1[nH]c(N2CCOCC2)nc2c1CC(S(=O)(=O)c1ccccc1)CC2. The quantitative estimate of drug-likeness (QED) is 0.259. The molecule has 3 aliphatic carbocycles. The van der Waals surface area contributed by atoms with Crippen molar-refractivity contribution in [3.8, 4) is 0 Å². The van der Waals surface area contributed by atoms with E-state index < -0.39 is 15.1 Å². The van der Waals surface area contributed by atoms with Gasteiger partial charge in [-0.3, -0.25) is 29.3 Å². The topological polar surface area (TPSA) is 190 Å². The minimum absolute atomic E-state index is 0.00604. The summed E-state index contributed by atoms with van der Waals surface area (Å²) in [6, 6.07) is 8.43. The Hall–Kier alpha value is -5.09. The van der Waals surface area contributed by atoms with Crippen LogP contribution in [0, 0.1) is 0 Å². The number of H-pyrrole nitrogens is 3. The lowest BCUT2D eigenvalue weighted by Crippen LogP contribution is -2.40. The van der Waals surface area contributed by atoms with Crippen molar-refractivity contribution in [3.05, 3.63) is 101 Å². The van der Waals surface area contributed by atoms with E-state index in [2.05, 4.69) is 39.7 Å². The summed E-state index contributed by atoms with van der Waals surface area (Å²) < 4.78 is 31.1. The number of aromatic nitrogens is 6. The number of fused-ring (bicyclic) bond motifs is 3. The van der Waals surface area contributed by atoms with Crippen molar-refractivity contribution in [1.82, 2.24) is 29.9 Å². The van der Waals surface area contributed by atoms with E-state index in [0.717, 1.165) is 98.4 Å². The second-order valence-electron chi connectivity index (χ2n) is 16.4. The number of allylic oxidation sites excluding steroid dienone is 1. The molecule has 4 aromatic rings. The summed E-state index contributed by atoms with van der Waals surface area (Å²) in [6.07, 6.45) is 18.5. The van der Waals surface area contributed by atoms with E-state index in [-0.39, 0.29) is 23.1 Å². The molecule has 60 heavy (non-hydrogen) atoms. The van der Waals surface area contributed by atoms with Crippen molar-refractivity contribution < 1.29 is 13.2 Å². The second kappa shape index (κ2) is 19.1. The Morgan fingerprint density at radius 3 is 1.78 bits per heavy atom. The van der Waals surface area contributed by atoms with Crippen LogP contribution < -0.4 is 31.4 Å². The van der Waals surface area contributed by atoms with E-state index in [1.165, 1.54) is 44.9 Å². The van der Waals surface area contributed by atoms with Gasteiger partial charge < -0.3 is 19.4 Å². The molecule has 3 fully saturated rings. The van der Waals surface area contributed by atoms with Crippen molar-refractivity contribution in [2.45, 2.75) is 106 Å². The number of hydrogen-bond donors (Lipinski definition) is 3. The lowest BCUT2D eigenvalue weighted by atomic mass is 9.97. The average Bonchev–Trinajstić information content (AvgIpc) is 3.30. The summed E-state index contributed by atoms with van der Waals surface area (Å²) in [5, 5.41) is -0.588. The third-order valence-electron chi connectivity index (χ3n) is 12.4. The monoisotopic (exact) mass is 839 g/mol. The number of anilines is 3. The molecule has 0 amide bonds. The van der Waals surface area contributed by atoms with Gasteiger partial charge in [-0.15, -0.1) is 0 Å². The summed E-state index contributed by atoms with van der Waals surface area (Å²) in [5.41, 5.74) is 4.75. The molecule has 1 atom stereocenters. The molecule has 320 valence electrons. The zero-order chi connectivity index (χ0) is 41.5. The van der Waals surface area contributed by atoms with Crippen LogP contribution in [0.2, 0.25) is 0 Å². The van der Waals surface area contributed by atoms with Crippen molar-refractivity contribution in [2.75, 3.05) is 67.2 Å². The molecule has 0 bridgehead atoms. The number of rotatable bonds is 5. The highest BCUT2D eigenvalue weighted by molar-refractivity contribution is 7.92. The van der Waals surface area contributed by atoms with Gasteiger partial charge in [0.15, 0.2) is 9.84 Å². The van der Waals surface area contributed by atoms with Gasteiger partial charge in [-0.2, -0.15) is 0 Å². The van der Waals surface area contributed by atoms with Crippen LogP contribution in [0.25, 0.3) is 6.08 Å². The molecule has 10 rings (SSSR count). The maximum atomic E-state index is 12.9. The molecule has 0 spiro atoms. The molecule has 6 aliphatic rings. The van der Waals surface area contributed by atoms with Crippen LogP contribution in [0.5, 0.6) is 0 Å². The Kier molecular flexibility index (Phi) is 13.2. The van der Waals surface area contributed by atoms with Gasteiger partial charge in [0, 0.05) is 50.4 Å². The van der Waals surface area contributed by atoms with E-state index in [0.29, 0.717) is 55.6 Å². The molecule has 3 N–H and O–H groups in total. The number of aryl methyl sites for hydroxylation is 3. The normalized spacial score (nSPS) is 20.1. The largest absolute Gasteiger partial charge is 0.378 e. The average molecular weight is 840 g/mol. The van der Waals surface area contributed by atoms with E-state index >= 15 is 0 Å². The minimum atomic E-state index is -3.46. The molecule has 1 aromatic carbocycles. The highest BCUT2D eigenvalue weighted by Crippen LogP contribution is 2.28. The van der Waals surface area contributed by atoms with Crippen LogP contribution in [-0.4, -0.2) is 96.1 Å². The lowest BCUT2D eigenvalue weighted by molar-refractivity contribution is 0.122. The predicted molar refractivity (Wildman–Crippen MR) is 233 cm³/mol. The molecule has 1 unspecified atom stereocenters. The van der Waals surface area contributed by atoms with Crippen molar-refractivity contribution in [1.29, 1.82) is 0 Å². The van der Waals surface area contributed by atoms with Gasteiger partial charge in [-0.1, -0.05) is 30.4 Å². The molecule has 15 nitrogen and oxygen atoms in total. The molecular weight excluding hydrogens is 783 g/mol. The van der Waals surface area contributed by atoms with Gasteiger partial charge in [0.05, 0.1) is 46.0 Å². The molecule has 0 radical (unpaired) electrons. The van der Waals surface area contributed by atoms with Crippen molar-refractivity contribution in [3.63, 3.8) is 0 Å². The zero-order valence-corrected chi connectivity index (χ0v) is 35.2. The first-order valence-corrected chi connectivity index (χ1v) is 23.4. The Morgan fingerprint density at radius 1 is 0.583 bits per heavy atom. The first kappa shape index (κ1) is 41.6. The van der Waals surface area contributed by atoms with E-state index in [9.17, 15) is 22.8 Å². The number of nitrogens with one attached hydrogen (secondary N) is 3. The first-order chi connectivity index (χ1) is 29.2. The van der Waals surface area contributed by atoms with E-state index in [1.54, 1.807) is 30.3 Å². The van der Waals surface area contributed by atoms with Gasteiger partial charge in [0.1, 0.15) is 0 Å².